The lowest BCUT2D eigenvalue weighted by atomic mass is 10.2. The molecule has 0 saturated heterocycles. The fraction of sp³-hybridized carbons (Fsp3) is 0.154. The number of nitro benzene ring substituents is 1. The summed E-state index contributed by atoms with van der Waals surface area (Å²) in [5.41, 5.74) is 11.1. The van der Waals surface area contributed by atoms with Gasteiger partial charge in [0.15, 0.2) is 5.16 Å². The van der Waals surface area contributed by atoms with Gasteiger partial charge in [0, 0.05) is 18.2 Å². The number of amides is 1. The summed E-state index contributed by atoms with van der Waals surface area (Å²) in [5.74, 6) is 0.262. The van der Waals surface area contributed by atoms with Gasteiger partial charge in [0.25, 0.3) is 5.69 Å². The van der Waals surface area contributed by atoms with Gasteiger partial charge in [-0.2, -0.15) is 0 Å². The minimum atomic E-state index is -0.562. The average Bonchev–Trinajstić information content (AvgIpc) is 2.52. The third-order valence-electron chi connectivity index (χ3n) is 2.75. The maximum Gasteiger partial charge on any atom is 0.271 e. The number of nitrogens with two attached hydrogens (primary N) is 2. The molecule has 5 N–H and O–H groups in total. The molecule has 2 rings (SSSR count). The smallest absolute Gasteiger partial charge is 0.271 e. The summed E-state index contributed by atoms with van der Waals surface area (Å²) in [4.78, 5) is 30.2. The summed E-state index contributed by atoms with van der Waals surface area (Å²) in [6.45, 7) is 0. The van der Waals surface area contributed by atoms with Gasteiger partial charge in [0.1, 0.15) is 17.4 Å². The first-order chi connectivity index (χ1) is 11.4. The molecule has 126 valence electrons. The van der Waals surface area contributed by atoms with Gasteiger partial charge < -0.3 is 21.5 Å². The minimum Gasteiger partial charge on any atom is -0.495 e. The topological polar surface area (TPSA) is 159 Å². The van der Waals surface area contributed by atoms with Crippen molar-refractivity contribution in [1.29, 1.82) is 0 Å². The number of hydrogen-bond donors (Lipinski definition) is 3. The number of carbonyl (C=O) groups excluding carboxylic acids is 1. The van der Waals surface area contributed by atoms with E-state index in [4.69, 9.17) is 16.2 Å². The fourth-order valence-corrected chi connectivity index (χ4v) is 2.42. The third kappa shape index (κ3) is 4.46. The SMILES string of the molecule is COc1ccc([N+](=O)[O-])cc1NC(=O)CSc1nc(N)cc(N)n1. The summed E-state index contributed by atoms with van der Waals surface area (Å²) in [6, 6.07) is 5.31. The van der Waals surface area contributed by atoms with Crippen LogP contribution in [0.2, 0.25) is 0 Å². The zero-order chi connectivity index (χ0) is 17.7. The lowest BCUT2D eigenvalue weighted by molar-refractivity contribution is -0.384. The number of non-ortho nitro benzene ring substituents is 1. The van der Waals surface area contributed by atoms with Crippen molar-refractivity contribution in [1.82, 2.24) is 9.97 Å². The van der Waals surface area contributed by atoms with Crippen LogP contribution >= 0.6 is 11.8 Å². The number of anilines is 3. The summed E-state index contributed by atoms with van der Waals surface area (Å²) in [6.07, 6.45) is 0. The summed E-state index contributed by atoms with van der Waals surface area (Å²) in [5, 5.41) is 13.6. The van der Waals surface area contributed by atoms with E-state index in [0.29, 0.717) is 5.75 Å². The molecule has 2 aromatic rings. The number of carbonyl (C=O) groups is 1. The van der Waals surface area contributed by atoms with Gasteiger partial charge in [-0.05, 0) is 6.07 Å². The van der Waals surface area contributed by atoms with Gasteiger partial charge in [-0.3, -0.25) is 14.9 Å². The number of nitro groups is 1. The maximum atomic E-state index is 12.0. The molecular formula is C13H14N6O4S. The van der Waals surface area contributed by atoms with Gasteiger partial charge in [-0.25, -0.2) is 9.97 Å². The van der Waals surface area contributed by atoms with Crippen molar-refractivity contribution in [2.24, 2.45) is 0 Å². The fourth-order valence-electron chi connectivity index (χ4n) is 1.75. The van der Waals surface area contributed by atoms with Crippen LogP contribution in [-0.4, -0.2) is 33.7 Å². The predicted molar refractivity (Wildman–Crippen MR) is 89.9 cm³/mol. The molecule has 0 saturated carbocycles. The Labute approximate surface area is 140 Å². The highest BCUT2D eigenvalue weighted by Crippen LogP contribution is 2.29. The summed E-state index contributed by atoms with van der Waals surface area (Å²) in [7, 11) is 1.40. The van der Waals surface area contributed by atoms with Crippen LogP contribution in [0.4, 0.5) is 23.0 Å². The lowest BCUT2D eigenvalue weighted by Gasteiger charge is -2.09. The van der Waals surface area contributed by atoms with E-state index in [1.165, 1.54) is 31.4 Å². The Bertz CT molecular complexity index is 765. The number of nitrogens with zero attached hydrogens (tertiary/aromatic N) is 3. The van der Waals surface area contributed by atoms with Crippen molar-refractivity contribution in [3.8, 4) is 5.75 Å². The molecule has 1 amide bonds. The number of hydrogen-bond acceptors (Lipinski definition) is 9. The van der Waals surface area contributed by atoms with E-state index >= 15 is 0 Å². The molecule has 1 aromatic carbocycles. The van der Waals surface area contributed by atoms with Crippen LogP contribution in [0.25, 0.3) is 0 Å². The number of nitrogens with one attached hydrogen (secondary N) is 1. The minimum absolute atomic E-state index is 0.0330. The van der Waals surface area contributed by atoms with Crippen LogP contribution in [-0.2, 0) is 4.79 Å². The van der Waals surface area contributed by atoms with Crippen molar-refractivity contribution >= 4 is 40.7 Å². The van der Waals surface area contributed by atoms with Crippen molar-refractivity contribution in [2.45, 2.75) is 5.16 Å². The maximum absolute atomic E-state index is 12.0. The molecule has 10 nitrogen and oxygen atoms in total. The standard InChI is InChI=1S/C13H14N6O4S/c1-23-9-3-2-7(19(21)22)4-8(9)16-12(20)6-24-13-17-10(14)5-11(15)18-13/h2-5H,6H2,1H3,(H,16,20)(H4,14,15,17,18). The first-order valence-electron chi connectivity index (χ1n) is 6.54. The number of ether oxygens (including phenoxy) is 1. The van der Waals surface area contributed by atoms with Crippen LogP contribution in [0.15, 0.2) is 29.4 Å². The van der Waals surface area contributed by atoms with E-state index in [1.807, 2.05) is 0 Å². The van der Waals surface area contributed by atoms with Crippen LogP contribution in [0, 0.1) is 10.1 Å². The summed E-state index contributed by atoms with van der Waals surface area (Å²) >= 11 is 1.03. The van der Waals surface area contributed by atoms with E-state index in [0.717, 1.165) is 11.8 Å². The van der Waals surface area contributed by atoms with E-state index < -0.39 is 10.8 Å². The third-order valence-corrected chi connectivity index (χ3v) is 3.59. The first-order valence-corrected chi connectivity index (χ1v) is 7.52. The second-order valence-corrected chi connectivity index (χ2v) is 5.42. The highest BCUT2D eigenvalue weighted by Gasteiger charge is 2.14. The Morgan fingerprint density at radius 2 is 2.00 bits per heavy atom. The summed E-state index contributed by atoms with van der Waals surface area (Å²) < 4.78 is 5.07. The van der Waals surface area contributed by atoms with Crippen LogP contribution in [0.5, 0.6) is 5.75 Å². The van der Waals surface area contributed by atoms with E-state index in [2.05, 4.69) is 15.3 Å². The first kappa shape index (κ1) is 17.3. The molecule has 0 fully saturated rings. The molecule has 0 unspecified atom stereocenters. The monoisotopic (exact) mass is 350 g/mol. The Balaban J connectivity index is 2.06. The predicted octanol–water partition coefficient (Wildman–Crippen LogP) is 1.29. The number of nitrogen functional groups attached to an aromatic ring is 2. The highest BCUT2D eigenvalue weighted by atomic mass is 32.2. The van der Waals surface area contributed by atoms with Crippen molar-refractivity contribution in [3.63, 3.8) is 0 Å². The van der Waals surface area contributed by atoms with Gasteiger partial charge in [0.2, 0.25) is 5.91 Å². The molecule has 0 aliphatic carbocycles. The Morgan fingerprint density at radius 3 is 2.58 bits per heavy atom. The number of benzene rings is 1. The molecule has 0 radical (unpaired) electrons. The lowest BCUT2D eigenvalue weighted by Crippen LogP contribution is -2.15. The van der Waals surface area contributed by atoms with E-state index in [9.17, 15) is 14.9 Å². The van der Waals surface area contributed by atoms with Gasteiger partial charge in [-0.1, -0.05) is 11.8 Å². The Hall–Kier alpha value is -3.08. The molecule has 0 atom stereocenters. The Kier molecular flexibility index (Phi) is 5.37. The van der Waals surface area contributed by atoms with Crippen LogP contribution in [0.3, 0.4) is 0 Å². The molecule has 24 heavy (non-hydrogen) atoms. The van der Waals surface area contributed by atoms with Crippen molar-refractivity contribution in [3.05, 3.63) is 34.4 Å². The second kappa shape index (κ2) is 7.46. The molecule has 11 heteroatoms. The van der Waals surface area contributed by atoms with E-state index in [1.54, 1.807) is 0 Å². The quantitative estimate of drug-likeness (QED) is 0.302. The number of aromatic nitrogens is 2. The largest absolute Gasteiger partial charge is 0.495 e. The zero-order valence-corrected chi connectivity index (χ0v) is 13.4. The Morgan fingerprint density at radius 1 is 1.33 bits per heavy atom. The van der Waals surface area contributed by atoms with Crippen LogP contribution < -0.4 is 21.5 Å². The normalized spacial score (nSPS) is 10.2. The molecular weight excluding hydrogens is 336 g/mol. The number of thioether (sulfide) groups is 1. The van der Waals surface area contributed by atoms with Gasteiger partial charge in [-0.15, -0.1) is 0 Å². The van der Waals surface area contributed by atoms with Crippen molar-refractivity contribution < 1.29 is 14.5 Å². The number of methoxy groups -OCH3 is 1. The average molecular weight is 350 g/mol. The highest BCUT2D eigenvalue weighted by molar-refractivity contribution is 7.99. The molecule has 0 aliphatic rings. The van der Waals surface area contributed by atoms with E-state index in [-0.39, 0.29) is 33.9 Å². The zero-order valence-electron chi connectivity index (χ0n) is 12.6. The molecule has 0 spiro atoms. The van der Waals surface area contributed by atoms with Crippen molar-refractivity contribution in [2.75, 3.05) is 29.6 Å². The van der Waals surface area contributed by atoms with Crippen LogP contribution in [0.1, 0.15) is 0 Å². The number of rotatable bonds is 6. The van der Waals surface area contributed by atoms with Gasteiger partial charge >= 0.3 is 0 Å². The molecule has 0 aliphatic heterocycles. The molecule has 1 aromatic heterocycles. The molecule has 0 bridgehead atoms. The molecule has 1 heterocycles. The second-order valence-electron chi connectivity index (χ2n) is 4.48. The van der Waals surface area contributed by atoms with Gasteiger partial charge in [0.05, 0.1) is 23.5 Å².